The topological polar surface area (TPSA) is 6.48 Å². The van der Waals surface area contributed by atoms with Gasteiger partial charge in [-0.1, -0.05) is 164 Å². The van der Waals surface area contributed by atoms with E-state index in [0.29, 0.717) is 0 Å². The Bertz CT molecular complexity index is 2360. The Morgan fingerprint density at radius 2 is 0.463 bits per heavy atom. The lowest BCUT2D eigenvalue weighted by Gasteiger charge is -2.27. The number of anilines is 6. The molecular formula is C51H44N2Si. The predicted octanol–water partition coefficient (Wildman–Crippen LogP) is 14.2. The molecule has 0 unspecified atom stereocenters. The van der Waals surface area contributed by atoms with Crippen LogP contribution in [0.2, 0.25) is 19.6 Å². The fraction of sp³-hybridized carbons (Fsp3) is 0.0588. The number of para-hydroxylation sites is 2. The predicted molar refractivity (Wildman–Crippen MR) is 235 cm³/mol. The van der Waals surface area contributed by atoms with E-state index in [-0.39, 0.29) is 0 Å². The quantitative estimate of drug-likeness (QED) is 0.130. The summed E-state index contributed by atoms with van der Waals surface area (Å²) >= 11 is 0. The van der Waals surface area contributed by atoms with E-state index < -0.39 is 8.07 Å². The molecule has 54 heavy (non-hydrogen) atoms. The van der Waals surface area contributed by atoms with Crippen LogP contribution in [0.5, 0.6) is 0 Å². The van der Waals surface area contributed by atoms with Crippen molar-refractivity contribution < 1.29 is 0 Å². The third-order valence-electron chi connectivity index (χ3n) is 10.1. The summed E-state index contributed by atoms with van der Waals surface area (Å²) in [6.07, 6.45) is 0. The molecule has 0 N–H and O–H groups in total. The van der Waals surface area contributed by atoms with E-state index in [1.807, 2.05) is 0 Å². The van der Waals surface area contributed by atoms with Crippen molar-refractivity contribution in [3.63, 3.8) is 0 Å². The highest BCUT2D eigenvalue weighted by Crippen LogP contribution is 2.38. The number of nitrogens with zero attached hydrogens (tertiary/aromatic N) is 2. The number of rotatable bonds is 10. The van der Waals surface area contributed by atoms with E-state index in [0.717, 1.165) is 34.1 Å². The molecule has 8 rings (SSSR count). The zero-order valence-corrected chi connectivity index (χ0v) is 32.1. The Kier molecular flexibility index (Phi) is 9.80. The van der Waals surface area contributed by atoms with Gasteiger partial charge in [0.15, 0.2) is 0 Å². The molecule has 2 nitrogen and oxygen atoms in total. The van der Waals surface area contributed by atoms with Crippen LogP contribution in [-0.4, -0.2) is 8.07 Å². The first-order valence-electron chi connectivity index (χ1n) is 18.7. The Morgan fingerprint density at radius 3 is 0.759 bits per heavy atom. The molecule has 0 aliphatic heterocycles. The van der Waals surface area contributed by atoms with E-state index in [2.05, 4.69) is 242 Å². The fourth-order valence-corrected chi connectivity index (χ4v) is 8.22. The molecule has 8 aromatic carbocycles. The maximum absolute atomic E-state index is 2.40. The minimum absolute atomic E-state index is 1.13. The van der Waals surface area contributed by atoms with Crippen molar-refractivity contribution in [2.75, 3.05) is 9.80 Å². The first-order valence-corrected chi connectivity index (χ1v) is 22.2. The maximum atomic E-state index is 2.40. The van der Waals surface area contributed by atoms with Crippen LogP contribution in [0.4, 0.5) is 34.1 Å². The Hall–Kier alpha value is -6.42. The molecular weight excluding hydrogens is 669 g/mol. The molecule has 262 valence electrons. The van der Waals surface area contributed by atoms with Gasteiger partial charge in [0.25, 0.3) is 0 Å². The molecule has 0 bridgehead atoms. The van der Waals surface area contributed by atoms with Crippen LogP contribution in [-0.2, 0) is 0 Å². The molecule has 0 saturated heterocycles. The van der Waals surface area contributed by atoms with Gasteiger partial charge in [-0.3, -0.25) is 0 Å². The summed E-state index contributed by atoms with van der Waals surface area (Å²) in [6, 6.07) is 76.5. The second kappa shape index (κ2) is 15.3. The van der Waals surface area contributed by atoms with Gasteiger partial charge in [0.2, 0.25) is 0 Å². The maximum Gasteiger partial charge on any atom is 0.0775 e. The van der Waals surface area contributed by atoms with Crippen LogP contribution < -0.4 is 15.0 Å². The summed E-state index contributed by atoms with van der Waals surface area (Å²) in [5.41, 5.74) is 14.0. The Morgan fingerprint density at radius 1 is 0.241 bits per heavy atom. The van der Waals surface area contributed by atoms with Crippen molar-refractivity contribution in [1.82, 2.24) is 0 Å². The van der Waals surface area contributed by atoms with Gasteiger partial charge in [-0.2, -0.15) is 0 Å². The standard InChI is InChI=1S/C51H44N2Si/c1-54(2,3)51-37-35-50(36-38-51)53(48-29-23-42(24-30-48)39-13-7-4-8-14-39)49-33-27-44(28-34-49)41-21-19-40(20-22-41)43-25-31-47(32-26-43)52(45-15-9-5-10-16-45)46-17-11-6-12-18-46/h4-38H,1-3H3. The highest BCUT2D eigenvalue weighted by Gasteiger charge is 2.18. The van der Waals surface area contributed by atoms with Gasteiger partial charge in [-0.25, -0.2) is 0 Å². The molecule has 0 spiro atoms. The van der Waals surface area contributed by atoms with Crippen molar-refractivity contribution in [3.8, 4) is 33.4 Å². The molecule has 0 saturated carbocycles. The molecule has 0 atom stereocenters. The van der Waals surface area contributed by atoms with E-state index in [4.69, 9.17) is 0 Å². The SMILES string of the molecule is C[Si](C)(C)c1ccc(N(c2ccc(-c3ccccc3)cc2)c2ccc(-c3ccc(-c4ccc(N(c5ccccc5)c5ccccc5)cc4)cc3)cc2)cc1. The van der Waals surface area contributed by atoms with Crippen molar-refractivity contribution in [3.05, 3.63) is 212 Å². The third-order valence-corrected chi connectivity index (χ3v) is 12.1. The Labute approximate surface area is 321 Å². The average molecular weight is 713 g/mol. The molecule has 0 aliphatic carbocycles. The lowest BCUT2D eigenvalue weighted by molar-refractivity contribution is 1.28. The highest BCUT2D eigenvalue weighted by molar-refractivity contribution is 6.88. The largest absolute Gasteiger partial charge is 0.311 e. The monoisotopic (exact) mass is 712 g/mol. The fourth-order valence-electron chi connectivity index (χ4n) is 7.05. The number of hydrogen-bond donors (Lipinski definition) is 0. The second-order valence-electron chi connectivity index (χ2n) is 14.7. The van der Waals surface area contributed by atoms with Gasteiger partial charge in [-0.05, 0) is 106 Å². The number of benzene rings is 8. The molecule has 0 radical (unpaired) electrons. The van der Waals surface area contributed by atoms with Gasteiger partial charge >= 0.3 is 0 Å². The molecule has 0 aliphatic rings. The van der Waals surface area contributed by atoms with Crippen LogP contribution in [0.15, 0.2) is 212 Å². The molecule has 3 heteroatoms. The van der Waals surface area contributed by atoms with Gasteiger partial charge in [0, 0.05) is 34.1 Å². The average Bonchev–Trinajstić information content (AvgIpc) is 3.23. The smallest absolute Gasteiger partial charge is 0.0775 e. The summed E-state index contributed by atoms with van der Waals surface area (Å²) in [6.45, 7) is 7.20. The summed E-state index contributed by atoms with van der Waals surface area (Å²) in [7, 11) is -1.42. The van der Waals surface area contributed by atoms with Gasteiger partial charge in [0.1, 0.15) is 0 Å². The van der Waals surface area contributed by atoms with Crippen LogP contribution in [0.1, 0.15) is 0 Å². The van der Waals surface area contributed by atoms with E-state index >= 15 is 0 Å². The van der Waals surface area contributed by atoms with Crippen LogP contribution in [0.3, 0.4) is 0 Å². The van der Waals surface area contributed by atoms with E-state index in [1.165, 1.54) is 38.6 Å². The van der Waals surface area contributed by atoms with E-state index in [1.54, 1.807) is 0 Å². The zero-order chi connectivity index (χ0) is 36.9. The first kappa shape index (κ1) is 34.7. The summed E-state index contributed by atoms with van der Waals surface area (Å²) in [5, 5.41) is 1.46. The van der Waals surface area contributed by atoms with Crippen molar-refractivity contribution in [2.45, 2.75) is 19.6 Å². The van der Waals surface area contributed by atoms with Gasteiger partial charge < -0.3 is 9.80 Å². The van der Waals surface area contributed by atoms with Gasteiger partial charge in [-0.15, -0.1) is 0 Å². The zero-order valence-electron chi connectivity index (χ0n) is 31.1. The normalized spacial score (nSPS) is 11.2. The van der Waals surface area contributed by atoms with Crippen molar-refractivity contribution >= 4 is 47.4 Å². The second-order valence-corrected chi connectivity index (χ2v) is 19.8. The molecule has 0 amide bonds. The lowest BCUT2D eigenvalue weighted by Crippen LogP contribution is -2.37. The Balaban J connectivity index is 1.05. The van der Waals surface area contributed by atoms with E-state index in [9.17, 15) is 0 Å². The van der Waals surface area contributed by atoms with Gasteiger partial charge in [0.05, 0.1) is 8.07 Å². The van der Waals surface area contributed by atoms with Crippen LogP contribution in [0, 0.1) is 0 Å². The minimum Gasteiger partial charge on any atom is -0.311 e. The van der Waals surface area contributed by atoms with Crippen LogP contribution in [0.25, 0.3) is 33.4 Å². The minimum atomic E-state index is -1.42. The van der Waals surface area contributed by atoms with Crippen molar-refractivity contribution in [1.29, 1.82) is 0 Å². The summed E-state index contributed by atoms with van der Waals surface area (Å²) in [4.78, 5) is 4.65. The summed E-state index contributed by atoms with van der Waals surface area (Å²) in [5.74, 6) is 0. The lowest BCUT2D eigenvalue weighted by atomic mass is 9.99. The third kappa shape index (κ3) is 7.54. The summed E-state index contributed by atoms with van der Waals surface area (Å²) < 4.78 is 0. The number of hydrogen-bond acceptors (Lipinski definition) is 2. The van der Waals surface area contributed by atoms with Crippen LogP contribution >= 0.6 is 0 Å². The highest BCUT2D eigenvalue weighted by atomic mass is 28.3. The molecule has 0 heterocycles. The van der Waals surface area contributed by atoms with Crippen molar-refractivity contribution in [2.24, 2.45) is 0 Å². The molecule has 0 aromatic heterocycles. The first-order chi connectivity index (χ1) is 26.4. The molecule has 0 fully saturated rings. The molecule has 8 aromatic rings.